The highest BCUT2D eigenvalue weighted by molar-refractivity contribution is 5.91. The van der Waals surface area contributed by atoms with Crippen LogP contribution in [0.25, 0.3) is 22.1 Å². The Morgan fingerprint density at radius 3 is 2.81 bits per heavy atom. The van der Waals surface area contributed by atoms with Crippen LogP contribution >= 0.6 is 0 Å². The molecule has 1 aliphatic rings. The molecule has 1 aliphatic heterocycles. The maximum absolute atomic E-state index is 13.6. The summed E-state index contributed by atoms with van der Waals surface area (Å²) >= 11 is 0. The van der Waals surface area contributed by atoms with Crippen LogP contribution in [-0.2, 0) is 11.8 Å². The SMILES string of the molecule is C=C(F)C(=O)N1CCN(c2ccc3ncnc(Nc4ccc(Oc5ccc6c(c5)nnn6C)c(C)c4)c3n2)CC1CC#N. The highest BCUT2D eigenvalue weighted by atomic mass is 19.1. The van der Waals surface area contributed by atoms with Crippen molar-refractivity contribution < 1.29 is 13.9 Å². The minimum absolute atomic E-state index is 0.0625. The number of piperazine rings is 1. The third-order valence-corrected chi connectivity index (χ3v) is 7.34. The van der Waals surface area contributed by atoms with Crippen LogP contribution in [0.2, 0.25) is 0 Å². The molecule has 1 fully saturated rings. The van der Waals surface area contributed by atoms with E-state index in [0.29, 0.717) is 47.3 Å². The Balaban J connectivity index is 1.22. The summed E-state index contributed by atoms with van der Waals surface area (Å²) in [6.07, 6.45) is 1.53. The van der Waals surface area contributed by atoms with E-state index in [2.05, 4.69) is 38.2 Å². The number of hydrogen-bond acceptors (Lipinski definition) is 10. The number of halogens is 1. The summed E-state index contributed by atoms with van der Waals surface area (Å²) in [4.78, 5) is 29.2. The van der Waals surface area contributed by atoms with Crippen molar-refractivity contribution in [1.82, 2.24) is 34.8 Å². The lowest BCUT2D eigenvalue weighted by molar-refractivity contribution is -0.131. The maximum Gasteiger partial charge on any atom is 0.282 e. The van der Waals surface area contributed by atoms with Gasteiger partial charge in [0.15, 0.2) is 11.6 Å². The third kappa shape index (κ3) is 5.50. The van der Waals surface area contributed by atoms with Crippen molar-refractivity contribution in [1.29, 1.82) is 5.26 Å². The topological polar surface area (TPSA) is 138 Å². The van der Waals surface area contributed by atoms with E-state index >= 15 is 0 Å². The Labute approximate surface area is 246 Å². The van der Waals surface area contributed by atoms with E-state index in [0.717, 1.165) is 22.3 Å². The first-order chi connectivity index (χ1) is 20.8. The van der Waals surface area contributed by atoms with Gasteiger partial charge in [0.2, 0.25) is 0 Å². The second-order valence-electron chi connectivity index (χ2n) is 10.2. The maximum atomic E-state index is 13.6. The lowest BCUT2D eigenvalue weighted by atomic mass is 10.1. The second kappa shape index (κ2) is 11.3. The molecular weight excluding hydrogens is 551 g/mol. The summed E-state index contributed by atoms with van der Waals surface area (Å²) in [5.74, 6) is 0.689. The first-order valence-corrected chi connectivity index (χ1v) is 13.5. The minimum atomic E-state index is -1.04. The standard InChI is InChI=1S/C30H27FN10O2/c1-18-14-20(4-8-26(18)43-22-5-7-25-24(15-22)37-38-39(25)3)35-29-28-23(33-17-34-29)6-9-27(36-28)40-12-13-41(30(42)19(2)31)21(16-40)10-11-32/h4-9,14-15,17,21H,2,10,12-13,16H2,1,3H3,(H,33,34,35). The predicted molar refractivity (Wildman–Crippen MR) is 159 cm³/mol. The van der Waals surface area contributed by atoms with Gasteiger partial charge in [-0.1, -0.05) is 11.8 Å². The summed E-state index contributed by atoms with van der Waals surface area (Å²) in [6.45, 7) is 6.06. The molecular formula is C30H27FN10O2. The average Bonchev–Trinajstić information content (AvgIpc) is 3.38. The molecule has 1 unspecified atom stereocenters. The van der Waals surface area contributed by atoms with Crippen molar-refractivity contribution >= 4 is 45.3 Å². The Hall–Kier alpha value is -5.64. The first-order valence-electron chi connectivity index (χ1n) is 13.5. The number of carbonyl (C=O) groups is 1. The zero-order chi connectivity index (χ0) is 30.1. The number of nitriles is 1. The van der Waals surface area contributed by atoms with Crippen molar-refractivity contribution in [2.75, 3.05) is 29.9 Å². The van der Waals surface area contributed by atoms with Gasteiger partial charge in [-0.05, 0) is 55.0 Å². The molecule has 1 atom stereocenters. The molecule has 1 saturated heterocycles. The summed E-state index contributed by atoms with van der Waals surface area (Å²) in [7, 11) is 1.84. The van der Waals surface area contributed by atoms with E-state index < -0.39 is 17.8 Å². The Kier molecular flexibility index (Phi) is 7.25. The fourth-order valence-corrected chi connectivity index (χ4v) is 5.15. The van der Waals surface area contributed by atoms with Gasteiger partial charge in [-0.25, -0.2) is 24.0 Å². The van der Waals surface area contributed by atoms with Gasteiger partial charge in [-0.3, -0.25) is 4.79 Å². The van der Waals surface area contributed by atoms with E-state index in [1.54, 1.807) is 4.68 Å². The number of pyridine rings is 1. The minimum Gasteiger partial charge on any atom is -0.457 e. The zero-order valence-corrected chi connectivity index (χ0v) is 23.5. The average molecular weight is 579 g/mol. The fourth-order valence-electron chi connectivity index (χ4n) is 5.15. The molecule has 0 radical (unpaired) electrons. The molecule has 43 heavy (non-hydrogen) atoms. The number of fused-ring (bicyclic) bond motifs is 2. The number of nitrogens with one attached hydrogen (secondary N) is 1. The Morgan fingerprint density at radius 1 is 1.16 bits per heavy atom. The van der Waals surface area contributed by atoms with Gasteiger partial charge in [-0.15, -0.1) is 5.10 Å². The Morgan fingerprint density at radius 2 is 2.02 bits per heavy atom. The van der Waals surface area contributed by atoms with Gasteiger partial charge >= 0.3 is 0 Å². The van der Waals surface area contributed by atoms with E-state index in [-0.39, 0.29) is 13.0 Å². The monoisotopic (exact) mass is 578 g/mol. The van der Waals surface area contributed by atoms with E-state index in [1.807, 2.05) is 67.4 Å². The molecule has 5 aromatic rings. The molecule has 216 valence electrons. The summed E-state index contributed by atoms with van der Waals surface area (Å²) in [5, 5.41) is 20.8. The zero-order valence-electron chi connectivity index (χ0n) is 23.5. The summed E-state index contributed by atoms with van der Waals surface area (Å²) in [5.41, 5.74) is 4.56. The highest BCUT2D eigenvalue weighted by Crippen LogP contribution is 2.31. The smallest absolute Gasteiger partial charge is 0.282 e. The van der Waals surface area contributed by atoms with Gasteiger partial charge in [0, 0.05) is 38.4 Å². The van der Waals surface area contributed by atoms with Crippen LogP contribution in [0.15, 0.2) is 67.3 Å². The molecule has 3 aromatic heterocycles. The van der Waals surface area contributed by atoms with Crippen molar-refractivity contribution in [3.63, 3.8) is 0 Å². The predicted octanol–water partition coefficient (Wildman–Crippen LogP) is 4.56. The van der Waals surface area contributed by atoms with Gasteiger partial charge in [-0.2, -0.15) is 5.26 Å². The van der Waals surface area contributed by atoms with Gasteiger partial charge in [0.25, 0.3) is 5.91 Å². The second-order valence-corrected chi connectivity index (χ2v) is 10.2. The lowest BCUT2D eigenvalue weighted by Gasteiger charge is -2.40. The van der Waals surface area contributed by atoms with Crippen molar-refractivity contribution in [2.24, 2.45) is 7.05 Å². The number of aromatic nitrogens is 6. The van der Waals surface area contributed by atoms with Gasteiger partial charge in [0.05, 0.1) is 29.6 Å². The molecule has 4 heterocycles. The molecule has 1 N–H and O–H groups in total. The molecule has 12 nitrogen and oxygen atoms in total. The summed E-state index contributed by atoms with van der Waals surface area (Å²) < 4.78 is 21.4. The van der Waals surface area contributed by atoms with Crippen LogP contribution in [0.3, 0.4) is 0 Å². The fraction of sp³-hybridized carbons (Fsp3) is 0.233. The lowest BCUT2D eigenvalue weighted by Crippen LogP contribution is -2.55. The quantitative estimate of drug-likeness (QED) is 0.273. The molecule has 0 spiro atoms. The van der Waals surface area contributed by atoms with Gasteiger partial charge < -0.3 is 19.9 Å². The molecule has 13 heteroatoms. The normalized spacial score (nSPS) is 15.0. The highest BCUT2D eigenvalue weighted by Gasteiger charge is 2.32. The number of aryl methyl sites for hydroxylation is 2. The number of nitrogens with zero attached hydrogens (tertiary/aromatic N) is 9. The molecule has 2 aromatic carbocycles. The first kappa shape index (κ1) is 27.5. The molecule has 0 saturated carbocycles. The van der Waals surface area contributed by atoms with E-state index in [9.17, 15) is 14.4 Å². The van der Waals surface area contributed by atoms with Crippen molar-refractivity contribution in [3.05, 3.63) is 72.8 Å². The molecule has 0 bridgehead atoms. The van der Waals surface area contributed by atoms with Crippen LogP contribution in [0, 0.1) is 18.3 Å². The molecule has 6 rings (SSSR count). The molecule has 0 aliphatic carbocycles. The Bertz CT molecular complexity index is 1920. The number of carbonyl (C=O) groups excluding carboxylic acids is 1. The number of amides is 1. The number of hydrogen-bond donors (Lipinski definition) is 1. The number of anilines is 3. The number of rotatable bonds is 7. The van der Waals surface area contributed by atoms with Crippen LogP contribution in [-0.4, -0.2) is 66.4 Å². The van der Waals surface area contributed by atoms with Crippen LogP contribution in [0.4, 0.5) is 21.7 Å². The van der Waals surface area contributed by atoms with Crippen molar-refractivity contribution in [3.8, 4) is 17.6 Å². The van der Waals surface area contributed by atoms with Gasteiger partial charge in [0.1, 0.15) is 34.7 Å². The van der Waals surface area contributed by atoms with Crippen LogP contribution < -0.4 is 15.0 Å². The number of ether oxygens (including phenoxy) is 1. The van der Waals surface area contributed by atoms with Crippen LogP contribution in [0.5, 0.6) is 11.5 Å². The van der Waals surface area contributed by atoms with E-state index in [4.69, 9.17) is 9.72 Å². The summed E-state index contributed by atoms with van der Waals surface area (Å²) in [6, 6.07) is 16.7. The largest absolute Gasteiger partial charge is 0.457 e. The van der Waals surface area contributed by atoms with Crippen molar-refractivity contribution in [2.45, 2.75) is 19.4 Å². The van der Waals surface area contributed by atoms with E-state index in [1.165, 1.54) is 11.2 Å². The molecule has 1 amide bonds. The van der Waals surface area contributed by atoms with Crippen LogP contribution in [0.1, 0.15) is 12.0 Å². The third-order valence-electron chi connectivity index (χ3n) is 7.34. The number of benzene rings is 2.